The summed E-state index contributed by atoms with van der Waals surface area (Å²) in [6, 6.07) is 17.7. The average Bonchev–Trinajstić information content (AvgIpc) is 2.73. The molecule has 2 rings (SSSR count). The molecule has 30 heavy (non-hydrogen) atoms. The quantitative estimate of drug-likeness (QED) is 0.462. The van der Waals surface area contributed by atoms with Crippen LogP contribution in [-0.4, -0.2) is 35.6 Å². The van der Waals surface area contributed by atoms with Gasteiger partial charge >= 0.3 is 11.9 Å². The lowest BCUT2D eigenvalue weighted by Gasteiger charge is -2.21. The SMILES string of the molecule is CCOC(=O)C(C)CC(Cc1ccc(-c2ccccc2)cc1)NC(=O)C=CC(=O)O. The van der Waals surface area contributed by atoms with E-state index in [1.807, 2.05) is 54.6 Å². The van der Waals surface area contributed by atoms with E-state index in [2.05, 4.69) is 5.32 Å². The Kier molecular flexibility index (Phi) is 8.81. The number of hydrogen-bond acceptors (Lipinski definition) is 4. The first-order valence-electron chi connectivity index (χ1n) is 9.91. The highest BCUT2D eigenvalue weighted by Crippen LogP contribution is 2.21. The van der Waals surface area contributed by atoms with Crippen LogP contribution in [0.2, 0.25) is 0 Å². The molecule has 0 fully saturated rings. The van der Waals surface area contributed by atoms with Crippen molar-refractivity contribution in [1.82, 2.24) is 5.32 Å². The number of carboxylic acids is 1. The van der Waals surface area contributed by atoms with Crippen molar-refractivity contribution in [2.75, 3.05) is 6.61 Å². The van der Waals surface area contributed by atoms with Gasteiger partial charge in [0.25, 0.3) is 0 Å². The molecule has 6 heteroatoms. The van der Waals surface area contributed by atoms with Crippen LogP contribution in [0.15, 0.2) is 66.7 Å². The summed E-state index contributed by atoms with van der Waals surface area (Å²) < 4.78 is 5.06. The van der Waals surface area contributed by atoms with Gasteiger partial charge < -0.3 is 15.2 Å². The third kappa shape index (κ3) is 7.54. The van der Waals surface area contributed by atoms with E-state index in [1.54, 1.807) is 13.8 Å². The van der Waals surface area contributed by atoms with Crippen LogP contribution in [0.4, 0.5) is 0 Å². The highest BCUT2D eigenvalue weighted by atomic mass is 16.5. The molecule has 0 aliphatic carbocycles. The Bertz CT molecular complexity index is 874. The maximum absolute atomic E-state index is 12.1. The van der Waals surface area contributed by atoms with Crippen LogP contribution < -0.4 is 5.32 Å². The fourth-order valence-electron chi connectivity index (χ4n) is 3.15. The van der Waals surface area contributed by atoms with Gasteiger partial charge in [0.2, 0.25) is 5.91 Å². The normalized spacial score (nSPS) is 12.9. The molecule has 0 bridgehead atoms. The number of aliphatic carboxylic acids is 1. The molecule has 0 radical (unpaired) electrons. The van der Waals surface area contributed by atoms with Gasteiger partial charge in [0.1, 0.15) is 0 Å². The summed E-state index contributed by atoms with van der Waals surface area (Å²) in [5.41, 5.74) is 3.20. The molecule has 0 spiro atoms. The van der Waals surface area contributed by atoms with Crippen LogP contribution in [0.3, 0.4) is 0 Å². The van der Waals surface area contributed by atoms with Crippen LogP contribution in [0, 0.1) is 5.92 Å². The van der Waals surface area contributed by atoms with Crippen LogP contribution in [-0.2, 0) is 25.5 Å². The van der Waals surface area contributed by atoms with Gasteiger partial charge in [-0.2, -0.15) is 0 Å². The summed E-state index contributed by atoms with van der Waals surface area (Å²) in [6.45, 7) is 3.79. The molecule has 2 aromatic carbocycles. The van der Waals surface area contributed by atoms with Crippen LogP contribution in [0.1, 0.15) is 25.8 Å². The Morgan fingerprint density at radius 3 is 2.23 bits per heavy atom. The van der Waals surface area contributed by atoms with Gasteiger partial charge in [0.05, 0.1) is 12.5 Å². The van der Waals surface area contributed by atoms with E-state index in [1.165, 1.54) is 0 Å². The molecule has 2 N–H and O–H groups in total. The molecule has 1 amide bonds. The number of carbonyl (C=O) groups excluding carboxylic acids is 2. The molecular weight excluding hydrogens is 382 g/mol. The number of carbonyl (C=O) groups is 3. The van der Waals surface area contributed by atoms with E-state index in [4.69, 9.17) is 9.84 Å². The van der Waals surface area contributed by atoms with Crippen LogP contribution >= 0.6 is 0 Å². The fraction of sp³-hybridized carbons (Fsp3) is 0.292. The van der Waals surface area contributed by atoms with Crippen molar-refractivity contribution in [2.24, 2.45) is 5.92 Å². The number of benzene rings is 2. The van der Waals surface area contributed by atoms with Gasteiger partial charge in [-0.05, 0) is 36.5 Å². The molecule has 0 heterocycles. The summed E-state index contributed by atoms with van der Waals surface area (Å²) in [5, 5.41) is 11.5. The van der Waals surface area contributed by atoms with Crippen LogP contribution in [0.25, 0.3) is 11.1 Å². The standard InChI is InChI=1S/C24H27NO5/c1-3-30-24(29)17(2)15-21(25-22(26)13-14-23(27)28)16-18-9-11-20(12-10-18)19-7-5-4-6-8-19/h4-14,17,21H,3,15-16H2,1-2H3,(H,25,26)(H,27,28). The Morgan fingerprint density at radius 2 is 1.63 bits per heavy atom. The second kappa shape index (κ2) is 11.6. The monoisotopic (exact) mass is 409 g/mol. The first kappa shape index (κ1) is 22.9. The van der Waals surface area contributed by atoms with Gasteiger partial charge in [-0.1, -0.05) is 61.5 Å². The molecule has 2 aromatic rings. The first-order valence-corrected chi connectivity index (χ1v) is 9.91. The zero-order valence-corrected chi connectivity index (χ0v) is 17.2. The topological polar surface area (TPSA) is 92.7 Å². The summed E-state index contributed by atoms with van der Waals surface area (Å²) in [4.78, 5) is 34.7. The summed E-state index contributed by atoms with van der Waals surface area (Å²) in [6.07, 6.45) is 2.65. The number of hydrogen-bond donors (Lipinski definition) is 2. The number of nitrogens with one attached hydrogen (secondary N) is 1. The zero-order chi connectivity index (χ0) is 21.9. The van der Waals surface area contributed by atoms with Gasteiger partial charge in [0, 0.05) is 18.2 Å². The van der Waals surface area contributed by atoms with E-state index in [-0.39, 0.29) is 12.0 Å². The summed E-state index contributed by atoms with van der Waals surface area (Å²) in [5.74, 6) is -2.43. The molecule has 0 aliphatic rings. The molecular formula is C24H27NO5. The van der Waals surface area contributed by atoms with Crippen molar-refractivity contribution in [3.63, 3.8) is 0 Å². The van der Waals surface area contributed by atoms with Crippen LogP contribution in [0.5, 0.6) is 0 Å². The highest BCUT2D eigenvalue weighted by molar-refractivity contribution is 5.94. The molecule has 6 nitrogen and oxygen atoms in total. The molecule has 0 aromatic heterocycles. The maximum Gasteiger partial charge on any atom is 0.328 e. The lowest BCUT2D eigenvalue weighted by molar-refractivity contribution is -0.148. The number of carboxylic acid groups (broad SMARTS) is 1. The predicted octanol–water partition coefficient (Wildman–Crippen LogP) is 3.61. The third-order valence-corrected chi connectivity index (χ3v) is 4.59. The molecule has 2 atom stereocenters. The average molecular weight is 409 g/mol. The summed E-state index contributed by atoms with van der Waals surface area (Å²) >= 11 is 0. The largest absolute Gasteiger partial charge is 0.478 e. The van der Waals surface area contributed by atoms with E-state index in [9.17, 15) is 14.4 Å². The van der Waals surface area contributed by atoms with Gasteiger partial charge in [-0.3, -0.25) is 9.59 Å². The first-order chi connectivity index (χ1) is 14.4. The summed E-state index contributed by atoms with van der Waals surface area (Å²) in [7, 11) is 0. The van der Waals surface area contributed by atoms with Crippen molar-refractivity contribution in [1.29, 1.82) is 0 Å². The van der Waals surface area contributed by atoms with Crippen molar-refractivity contribution >= 4 is 17.8 Å². The Balaban J connectivity index is 2.11. The minimum absolute atomic E-state index is 0.294. The molecule has 0 saturated carbocycles. The van der Waals surface area contributed by atoms with E-state index >= 15 is 0 Å². The van der Waals surface area contributed by atoms with Crippen molar-refractivity contribution in [3.05, 3.63) is 72.3 Å². The number of amides is 1. The Labute approximate surface area is 176 Å². The minimum atomic E-state index is -1.20. The smallest absolute Gasteiger partial charge is 0.328 e. The van der Waals surface area contributed by atoms with Gasteiger partial charge in [-0.15, -0.1) is 0 Å². The van der Waals surface area contributed by atoms with Gasteiger partial charge in [0.15, 0.2) is 0 Å². The lowest BCUT2D eigenvalue weighted by Crippen LogP contribution is -2.38. The van der Waals surface area contributed by atoms with E-state index < -0.39 is 17.8 Å². The third-order valence-electron chi connectivity index (χ3n) is 4.59. The molecule has 0 saturated heterocycles. The van der Waals surface area contributed by atoms with Gasteiger partial charge in [-0.25, -0.2) is 4.79 Å². The van der Waals surface area contributed by atoms with Crippen molar-refractivity contribution < 1.29 is 24.2 Å². The molecule has 158 valence electrons. The van der Waals surface area contributed by atoms with E-state index in [0.29, 0.717) is 19.4 Å². The Morgan fingerprint density at radius 1 is 1.00 bits per heavy atom. The van der Waals surface area contributed by atoms with Crippen molar-refractivity contribution in [3.8, 4) is 11.1 Å². The second-order valence-electron chi connectivity index (χ2n) is 7.03. The van der Waals surface area contributed by atoms with E-state index in [0.717, 1.165) is 28.8 Å². The number of rotatable bonds is 10. The number of ether oxygens (including phenoxy) is 1. The maximum atomic E-state index is 12.1. The molecule has 0 aliphatic heterocycles. The lowest BCUT2D eigenvalue weighted by atomic mass is 9.95. The molecule has 2 unspecified atom stereocenters. The highest BCUT2D eigenvalue weighted by Gasteiger charge is 2.21. The zero-order valence-electron chi connectivity index (χ0n) is 17.2. The fourth-order valence-corrected chi connectivity index (χ4v) is 3.15. The number of esters is 1. The minimum Gasteiger partial charge on any atom is -0.478 e. The van der Waals surface area contributed by atoms with Crippen molar-refractivity contribution in [2.45, 2.75) is 32.7 Å². The Hall–Kier alpha value is -3.41. The second-order valence-corrected chi connectivity index (χ2v) is 7.03. The predicted molar refractivity (Wildman–Crippen MR) is 115 cm³/mol.